The van der Waals surface area contributed by atoms with Crippen molar-refractivity contribution in [2.24, 2.45) is 0 Å². The molecular weight excluding hydrogens is 530 g/mol. The summed E-state index contributed by atoms with van der Waals surface area (Å²) in [5, 5.41) is 11.3. The number of methoxy groups -OCH3 is 2. The van der Waals surface area contributed by atoms with Gasteiger partial charge in [-0.15, -0.1) is 5.10 Å². The van der Waals surface area contributed by atoms with Crippen LogP contribution in [0.2, 0.25) is 0 Å². The topological polar surface area (TPSA) is 124 Å². The van der Waals surface area contributed by atoms with Gasteiger partial charge in [-0.25, -0.2) is 8.42 Å². The number of aryl methyl sites for hydroxylation is 2. The molecule has 0 bridgehead atoms. The lowest BCUT2D eigenvalue weighted by molar-refractivity contribution is -0.122. The Labute approximate surface area is 234 Å². The standard InChI is InChI=1S/C29H33N5O5S/c1-21-10-13-24(14-11-21)40(36,37)32-25(18-22-8-5-4-6-9-22)29(35)30-16-7-17-34-20-26(31-33-34)23-12-15-27(38-2)28(19-23)39-3/h4-6,8-15,19-20,25,32H,7,16-18H2,1-3H3,(H,30,35)/t25-/m0/s1. The number of amides is 1. The number of rotatable bonds is 13. The second-order valence-electron chi connectivity index (χ2n) is 9.26. The van der Waals surface area contributed by atoms with Gasteiger partial charge >= 0.3 is 0 Å². The van der Waals surface area contributed by atoms with Crippen LogP contribution in [0.5, 0.6) is 11.5 Å². The van der Waals surface area contributed by atoms with Crippen molar-refractivity contribution in [3.05, 3.63) is 90.1 Å². The molecule has 0 saturated heterocycles. The van der Waals surface area contributed by atoms with E-state index in [1.165, 1.54) is 12.1 Å². The van der Waals surface area contributed by atoms with Crippen molar-refractivity contribution in [1.82, 2.24) is 25.0 Å². The van der Waals surface area contributed by atoms with Crippen molar-refractivity contribution in [2.75, 3.05) is 20.8 Å². The molecule has 0 saturated carbocycles. The first-order valence-corrected chi connectivity index (χ1v) is 14.3. The summed E-state index contributed by atoms with van der Waals surface area (Å²) in [6, 6.07) is 20.4. The molecule has 2 N–H and O–H groups in total. The number of hydrogen-bond donors (Lipinski definition) is 2. The fourth-order valence-corrected chi connectivity index (χ4v) is 5.32. The van der Waals surface area contributed by atoms with Gasteiger partial charge in [0.25, 0.3) is 0 Å². The Morgan fingerprint density at radius 3 is 2.40 bits per heavy atom. The Hall–Kier alpha value is -4.22. The smallest absolute Gasteiger partial charge is 0.241 e. The summed E-state index contributed by atoms with van der Waals surface area (Å²) in [5.74, 6) is 0.825. The van der Waals surface area contributed by atoms with Crippen molar-refractivity contribution in [3.63, 3.8) is 0 Å². The monoisotopic (exact) mass is 563 g/mol. The minimum Gasteiger partial charge on any atom is -0.493 e. The average Bonchev–Trinajstić information content (AvgIpc) is 3.44. The first-order chi connectivity index (χ1) is 19.3. The number of benzene rings is 3. The van der Waals surface area contributed by atoms with Crippen molar-refractivity contribution in [3.8, 4) is 22.8 Å². The van der Waals surface area contributed by atoms with Gasteiger partial charge in [0.1, 0.15) is 11.7 Å². The van der Waals surface area contributed by atoms with Crippen LogP contribution in [0.25, 0.3) is 11.3 Å². The van der Waals surface area contributed by atoms with E-state index in [2.05, 4.69) is 20.4 Å². The number of aromatic nitrogens is 3. The van der Waals surface area contributed by atoms with Crippen LogP contribution < -0.4 is 19.5 Å². The summed E-state index contributed by atoms with van der Waals surface area (Å²) >= 11 is 0. The molecule has 1 amide bonds. The van der Waals surface area contributed by atoms with Gasteiger partial charge < -0.3 is 14.8 Å². The second-order valence-corrected chi connectivity index (χ2v) is 11.0. The lowest BCUT2D eigenvalue weighted by Gasteiger charge is -2.19. The number of carbonyl (C=O) groups excluding carboxylic acids is 1. The van der Waals surface area contributed by atoms with E-state index in [-0.39, 0.29) is 11.3 Å². The first kappa shape index (κ1) is 28.8. The third-order valence-corrected chi connectivity index (χ3v) is 7.80. The Morgan fingerprint density at radius 1 is 0.975 bits per heavy atom. The molecule has 4 rings (SSSR count). The maximum atomic E-state index is 13.1. The number of carbonyl (C=O) groups is 1. The van der Waals surface area contributed by atoms with E-state index in [0.29, 0.717) is 36.7 Å². The summed E-state index contributed by atoms with van der Waals surface area (Å²) in [7, 11) is -0.745. The van der Waals surface area contributed by atoms with Gasteiger partial charge in [0, 0.05) is 18.7 Å². The maximum Gasteiger partial charge on any atom is 0.241 e. The van der Waals surface area contributed by atoms with Crippen LogP contribution in [0.4, 0.5) is 0 Å². The molecule has 210 valence electrons. The van der Waals surface area contributed by atoms with Gasteiger partial charge in [-0.1, -0.05) is 53.2 Å². The maximum absolute atomic E-state index is 13.1. The zero-order valence-corrected chi connectivity index (χ0v) is 23.5. The molecule has 4 aromatic rings. The summed E-state index contributed by atoms with van der Waals surface area (Å²) in [5.41, 5.74) is 3.31. The van der Waals surface area contributed by atoms with Gasteiger partial charge in [0.15, 0.2) is 11.5 Å². The van der Waals surface area contributed by atoms with Crippen molar-refractivity contribution in [2.45, 2.75) is 37.2 Å². The molecule has 0 aliphatic heterocycles. The third-order valence-electron chi connectivity index (χ3n) is 6.31. The Morgan fingerprint density at radius 2 is 1.70 bits per heavy atom. The van der Waals surface area contributed by atoms with Crippen LogP contribution in [0, 0.1) is 6.92 Å². The first-order valence-electron chi connectivity index (χ1n) is 12.8. The van der Waals surface area contributed by atoms with Gasteiger partial charge in [-0.2, -0.15) is 4.72 Å². The van der Waals surface area contributed by atoms with E-state index in [9.17, 15) is 13.2 Å². The quantitative estimate of drug-likeness (QED) is 0.239. The Bertz CT molecular complexity index is 1520. The molecule has 0 radical (unpaired) electrons. The van der Waals surface area contributed by atoms with Crippen LogP contribution in [0.15, 0.2) is 83.9 Å². The highest BCUT2D eigenvalue weighted by Crippen LogP contribution is 2.31. The molecule has 1 aromatic heterocycles. The number of nitrogens with zero attached hydrogens (tertiary/aromatic N) is 3. The fourth-order valence-electron chi connectivity index (χ4n) is 4.12. The van der Waals surface area contributed by atoms with E-state index in [1.54, 1.807) is 31.0 Å². The van der Waals surface area contributed by atoms with Gasteiger partial charge in [0.05, 0.1) is 25.3 Å². The molecule has 0 spiro atoms. The zero-order valence-electron chi connectivity index (χ0n) is 22.7. The molecule has 0 aliphatic rings. The van der Waals surface area contributed by atoms with Crippen LogP contribution in [0.3, 0.4) is 0 Å². The highest BCUT2D eigenvalue weighted by Gasteiger charge is 2.26. The summed E-state index contributed by atoms with van der Waals surface area (Å²) in [4.78, 5) is 13.2. The van der Waals surface area contributed by atoms with E-state index in [1.807, 2.05) is 61.7 Å². The van der Waals surface area contributed by atoms with E-state index >= 15 is 0 Å². The molecule has 1 heterocycles. The number of nitrogens with one attached hydrogen (secondary N) is 2. The van der Waals surface area contributed by atoms with Crippen LogP contribution in [-0.4, -0.2) is 56.1 Å². The van der Waals surface area contributed by atoms with Crippen molar-refractivity contribution in [1.29, 1.82) is 0 Å². The zero-order chi connectivity index (χ0) is 28.5. The molecule has 10 nitrogen and oxygen atoms in total. The number of sulfonamides is 1. The summed E-state index contributed by atoms with van der Waals surface area (Å²) < 4.78 is 41.0. The lowest BCUT2D eigenvalue weighted by atomic mass is 10.1. The van der Waals surface area contributed by atoms with Crippen LogP contribution in [-0.2, 0) is 27.8 Å². The molecular formula is C29H33N5O5S. The van der Waals surface area contributed by atoms with E-state index < -0.39 is 22.0 Å². The number of ether oxygens (including phenoxy) is 2. The van der Waals surface area contributed by atoms with Crippen LogP contribution in [0.1, 0.15) is 17.5 Å². The molecule has 1 atom stereocenters. The van der Waals surface area contributed by atoms with E-state index in [0.717, 1.165) is 16.7 Å². The van der Waals surface area contributed by atoms with Gasteiger partial charge in [-0.3, -0.25) is 9.48 Å². The second kappa shape index (κ2) is 13.2. The molecule has 0 aliphatic carbocycles. The lowest BCUT2D eigenvalue weighted by Crippen LogP contribution is -2.48. The van der Waals surface area contributed by atoms with E-state index in [4.69, 9.17) is 9.47 Å². The number of hydrogen-bond acceptors (Lipinski definition) is 7. The summed E-state index contributed by atoms with van der Waals surface area (Å²) in [6.45, 7) is 2.73. The SMILES string of the molecule is COc1ccc(-c2cn(CCCNC(=O)[C@H](Cc3ccccc3)NS(=O)(=O)c3ccc(C)cc3)nn2)cc1OC. The van der Waals surface area contributed by atoms with Crippen molar-refractivity contribution >= 4 is 15.9 Å². The molecule has 3 aromatic carbocycles. The fraction of sp³-hybridized carbons (Fsp3) is 0.276. The highest BCUT2D eigenvalue weighted by molar-refractivity contribution is 7.89. The van der Waals surface area contributed by atoms with Crippen LogP contribution >= 0.6 is 0 Å². The minimum atomic E-state index is -3.90. The molecule has 0 fully saturated rings. The summed E-state index contributed by atoms with van der Waals surface area (Å²) in [6.07, 6.45) is 2.61. The molecule has 0 unspecified atom stereocenters. The third kappa shape index (κ3) is 7.45. The normalized spacial score (nSPS) is 12.1. The van der Waals surface area contributed by atoms with Gasteiger partial charge in [-0.05, 0) is 55.7 Å². The Balaban J connectivity index is 1.36. The minimum absolute atomic E-state index is 0.112. The van der Waals surface area contributed by atoms with Gasteiger partial charge in [0.2, 0.25) is 15.9 Å². The highest BCUT2D eigenvalue weighted by atomic mass is 32.2. The van der Waals surface area contributed by atoms with Crippen molar-refractivity contribution < 1.29 is 22.7 Å². The largest absolute Gasteiger partial charge is 0.493 e. The predicted molar refractivity (Wildman–Crippen MR) is 152 cm³/mol. The average molecular weight is 564 g/mol. The molecule has 40 heavy (non-hydrogen) atoms. The predicted octanol–water partition coefficient (Wildman–Crippen LogP) is 3.37. The Kier molecular flexibility index (Phi) is 9.52. The molecule has 11 heteroatoms.